The van der Waals surface area contributed by atoms with Crippen LogP contribution in [0.1, 0.15) is 18.7 Å². The number of phosphoric ester groups is 3. The first-order chi connectivity index (χ1) is 36.2. The van der Waals surface area contributed by atoms with Gasteiger partial charge in [0.15, 0.2) is 41.4 Å². The fourth-order valence-corrected chi connectivity index (χ4v) is 14.7. The molecule has 38 nitrogen and oxygen atoms in total. The number of nitrogens with one attached hydrogen (secondary N) is 3. The Labute approximate surface area is 433 Å². The van der Waals surface area contributed by atoms with Crippen LogP contribution in [0.25, 0.3) is 33.5 Å². The van der Waals surface area contributed by atoms with Gasteiger partial charge in [-0.2, -0.15) is 4.98 Å². The molecule has 9 rings (SSSR count). The third-order valence-corrected chi connectivity index (χ3v) is 18.4. The van der Waals surface area contributed by atoms with Crippen molar-refractivity contribution in [2.45, 2.75) is 73.6 Å². The molecule has 0 saturated carbocycles. The first kappa shape index (κ1) is 57.0. The average molecular weight is 1190 g/mol. The Bertz CT molecular complexity index is 3510. The molecule has 9 heterocycles. The van der Waals surface area contributed by atoms with Crippen LogP contribution in [0, 0.1) is 0 Å². The van der Waals surface area contributed by atoms with E-state index in [4.69, 9.17) is 65.1 Å². The second kappa shape index (κ2) is 21.7. The number of fused-ring (bicyclic) bond motifs is 3. The normalized spacial score (nSPS) is 30.0. The second-order valence-electron chi connectivity index (χ2n) is 16.9. The molecule has 0 spiro atoms. The van der Waals surface area contributed by atoms with E-state index in [2.05, 4.69) is 53.8 Å². The number of imidazole rings is 3. The quantitative estimate of drug-likeness (QED) is 0.0246. The number of H-pyrrole nitrogens is 2. The van der Waals surface area contributed by atoms with Crippen LogP contribution in [-0.2, 0) is 83.0 Å². The van der Waals surface area contributed by atoms with Crippen molar-refractivity contribution in [3.63, 3.8) is 0 Å². The SMILES string of the molecule is CNc1ncnc2c1ncn2[C@@H]1O[C@H](COP(=O)(O)OP(O)(=S)OP(=O)(O)OC[C@H]2O[C@@H]([n+]3cn(C)c4c(=O)[nH]c(N)nc43)C(O)[C@H]2OC)C(OP(=O)(O)OC[C@H]2O[C@@H](n3cnc4c(=O)[nH]c(N)nc43)[C@@H](O)C2O)[C@@H]1OC. The molecule has 14 N–H and O–H groups in total. The van der Waals surface area contributed by atoms with Gasteiger partial charge in [0.05, 0.1) is 39.5 Å². The van der Waals surface area contributed by atoms with Crippen molar-refractivity contribution < 1.29 is 104 Å². The zero-order valence-corrected chi connectivity index (χ0v) is 44.2. The molecule has 43 heteroatoms. The van der Waals surface area contributed by atoms with E-state index in [1.165, 1.54) is 46.8 Å². The molecule has 0 aliphatic carbocycles. The largest absolute Gasteiger partial charge is 0.479 e. The van der Waals surface area contributed by atoms with Crippen LogP contribution in [0.5, 0.6) is 0 Å². The number of nitrogen functional groups attached to an aromatic ring is 2. The van der Waals surface area contributed by atoms with E-state index >= 15 is 0 Å². The van der Waals surface area contributed by atoms with Crippen molar-refractivity contribution in [1.82, 2.24) is 53.6 Å². The molecule has 6 aromatic heterocycles. The first-order valence-electron chi connectivity index (χ1n) is 22.0. The third kappa shape index (κ3) is 11.5. The van der Waals surface area contributed by atoms with E-state index in [9.17, 15) is 58.2 Å². The van der Waals surface area contributed by atoms with Crippen molar-refractivity contribution >= 4 is 93.2 Å². The van der Waals surface area contributed by atoms with Gasteiger partial charge in [0.25, 0.3) is 17.1 Å². The van der Waals surface area contributed by atoms with Crippen LogP contribution in [0.4, 0.5) is 17.7 Å². The molecule has 6 aromatic rings. The van der Waals surface area contributed by atoms with Gasteiger partial charge in [-0.05, 0) is 11.8 Å². The minimum absolute atomic E-state index is 0.00963. The number of ether oxygens (including phenoxy) is 5. The fraction of sp³-hybridized carbons (Fsp3) is 0.559. The van der Waals surface area contributed by atoms with Crippen LogP contribution in [0.2, 0.25) is 0 Å². The number of rotatable bonds is 21. The van der Waals surface area contributed by atoms with Gasteiger partial charge >= 0.3 is 35.8 Å². The summed E-state index contributed by atoms with van der Waals surface area (Å²) in [5.41, 5.74) is 10.1. The summed E-state index contributed by atoms with van der Waals surface area (Å²) in [5, 5.41) is 35.8. The van der Waals surface area contributed by atoms with Gasteiger partial charge < -0.3 is 75.4 Å². The van der Waals surface area contributed by atoms with Crippen molar-refractivity contribution in [2.75, 3.05) is 57.9 Å². The van der Waals surface area contributed by atoms with Gasteiger partial charge in [0, 0.05) is 21.3 Å². The van der Waals surface area contributed by atoms with E-state index in [0.29, 0.717) is 0 Å². The van der Waals surface area contributed by atoms with Crippen LogP contribution in [-0.4, -0.2) is 184 Å². The maximum atomic E-state index is 13.8. The number of aliphatic hydroxyl groups is 3. The molecule has 16 atom stereocenters. The summed E-state index contributed by atoms with van der Waals surface area (Å²) in [7, 11) is -11.3. The van der Waals surface area contributed by atoms with Crippen molar-refractivity contribution in [1.29, 1.82) is 0 Å². The minimum Gasteiger partial charge on any atom is -0.387 e. The van der Waals surface area contributed by atoms with E-state index in [-0.39, 0.29) is 51.2 Å². The summed E-state index contributed by atoms with van der Waals surface area (Å²) in [4.78, 5) is 97.5. The highest BCUT2D eigenvalue weighted by atomic mass is 32.5. The summed E-state index contributed by atoms with van der Waals surface area (Å²) >= 11 is 4.77. The zero-order valence-electron chi connectivity index (χ0n) is 39.8. The van der Waals surface area contributed by atoms with Crippen LogP contribution in [0.15, 0.2) is 34.9 Å². The van der Waals surface area contributed by atoms with Gasteiger partial charge in [0.2, 0.25) is 17.7 Å². The lowest BCUT2D eigenvalue weighted by Crippen LogP contribution is -2.46. The first-order valence-corrected chi connectivity index (χ1v) is 29.1. The topological polar surface area (TPSA) is 520 Å². The molecule has 7 unspecified atom stereocenters. The Morgan fingerprint density at radius 2 is 1.30 bits per heavy atom. The summed E-state index contributed by atoms with van der Waals surface area (Å²) in [6.07, 6.45) is -13.7. The Hall–Kier alpha value is -4.73. The molecule has 3 fully saturated rings. The molecule has 77 heavy (non-hydrogen) atoms. The number of aryl methyl sites for hydroxylation is 1. The third-order valence-electron chi connectivity index (χ3n) is 12.0. The number of anilines is 3. The summed E-state index contributed by atoms with van der Waals surface area (Å²) in [6, 6.07) is 0. The number of aliphatic hydroxyl groups excluding tert-OH is 3. The summed E-state index contributed by atoms with van der Waals surface area (Å²) in [6.45, 7) is -8.36. The molecule has 3 aliphatic heterocycles. The van der Waals surface area contributed by atoms with Gasteiger partial charge in [-0.3, -0.25) is 51.4 Å². The molecular weight excluding hydrogens is 1140 g/mol. The highest BCUT2D eigenvalue weighted by Crippen LogP contribution is 2.68. The summed E-state index contributed by atoms with van der Waals surface area (Å²) < 4.78 is 104. The van der Waals surface area contributed by atoms with Crippen LogP contribution < -0.4 is 32.5 Å². The van der Waals surface area contributed by atoms with E-state index in [1.54, 1.807) is 7.05 Å². The van der Waals surface area contributed by atoms with E-state index < -0.39 is 135 Å². The number of phosphoric acid groups is 3. The Kier molecular flexibility index (Phi) is 16.1. The Morgan fingerprint density at radius 1 is 0.727 bits per heavy atom. The van der Waals surface area contributed by atoms with Crippen molar-refractivity contribution in [3.05, 3.63) is 46.0 Å². The van der Waals surface area contributed by atoms with Crippen molar-refractivity contribution in [3.8, 4) is 0 Å². The lowest BCUT2D eigenvalue weighted by Gasteiger charge is -2.26. The van der Waals surface area contributed by atoms with E-state index in [1.807, 2.05) is 0 Å². The molecule has 422 valence electrons. The fourth-order valence-electron chi connectivity index (χ4n) is 8.73. The number of nitrogens with zero attached hydrogens (tertiary/aromatic N) is 10. The number of aromatic nitrogens is 12. The molecular formula is C34H48N15O23P4S+. The Balaban J connectivity index is 0.872. The number of aromatic amines is 2. The molecule has 3 aliphatic rings. The number of methoxy groups -OCH3 is 2. The van der Waals surface area contributed by atoms with Gasteiger partial charge in [0.1, 0.15) is 66.8 Å². The molecule has 3 saturated heterocycles. The molecule has 0 amide bonds. The standard InChI is InChI=1S/C34H47N15O23P4S/c1-37-24-15-25(39-8-38-24)47(9-40-15)32-23(63-4)22(70-73(55,56)64-5-12-18(50)19(51)30(67-12)48-10-41-16-26(48)42-33(35)44-28(16)53)14(69-32)7-66-75(59,60)72-76(61,77)71-74(57,58)65-6-13-21(62-3)20(52)31(68-13)49-11-46(2)17-27(49)43-34(36)45-29(17)54/h8-14,18-23,30-32,50-52H,5-7H2,1-4H3,(H10-,35,36,37,38,39,42,43,44,45,53,54,55,56,57,58,59,60,61,77)/p+1/t12-,13-,14-,18?,19+,20?,21+,22?,23+,30-,31-,32-,76?/m1/s1. The smallest absolute Gasteiger partial charge is 0.387 e. The van der Waals surface area contributed by atoms with Crippen LogP contribution in [0.3, 0.4) is 0 Å². The molecule has 0 radical (unpaired) electrons. The molecule has 0 aromatic carbocycles. The second-order valence-corrected chi connectivity index (χ2v) is 24.3. The number of hydrogen-bond donors (Lipinski definition) is 12. The highest BCUT2D eigenvalue weighted by Gasteiger charge is 2.54. The predicted octanol–water partition coefficient (Wildman–Crippen LogP) is -3.48. The van der Waals surface area contributed by atoms with Gasteiger partial charge in [-0.1, -0.05) is 4.98 Å². The van der Waals surface area contributed by atoms with Crippen molar-refractivity contribution in [2.24, 2.45) is 7.05 Å². The van der Waals surface area contributed by atoms with Crippen LogP contribution >= 0.6 is 30.2 Å². The maximum absolute atomic E-state index is 13.8. The van der Waals surface area contributed by atoms with E-state index in [0.717, 1.165) is 18.0 Å². The molecule has 0 bridgehead atoms. The lowest BCUT2D eigenvalue weighted by atomic mass is 10.1. The van der Waals surface area contributed by atoms with Gasteiger partial charge in [-0.15, -0.1) is 0 Å². The number of nitrogens with two attached hydrogens (primary N) is 2. The highest BCUT2D eigenvalue weighted by molar-refractivity contribution is 8.09. The predicted molar refractivity (Wildman–Crippen MR) is 256 cm³/mol. The summed E-state index contributed by atoms with van der Waals surface area (Å²) in [5.74, 6) is -0.279. The van der Waals surface area contributed by atoms with Gasteiger partial charge in [-0.25, -0.2) is 46.8 Å². The number of hydrogen-bond acceptors (Lipinski definition) is 29. The average Bonchev–Trinajstić information content (AvgIpc) is 4.21. The maximum Gasteiger partial charge on any atom is 0.479 e. The zero-order chi connectivity index (χ0) is 55.7. The minimum atomic E-state index is -5.74. The Morgan fingerprint density at radius 3 is 1.95 bits per heavy atom. The monoisotopic (exact) mass is 1190 g/mol. The lowest BCUT2D eigenvalue weighted by molar-refractivity contribution is -0.745.